The first-order chi connectivity index (χ1) is 13.2. The van der Waals surface area contributed by atoms with Gasteiger partial charge in [0, 0.05) is 5.56 Å². The molecule has 2 aromatic carbocycles. The van der Waals surface area contributed by atoms with Crippen LogP contribution >= 0.6 is 0 Å². The van der Waals surface area contributed by atoms with Crippen molar-refractivity contribution in [2.24, 2.45) is 0 Å². The number of hydrogen-bond acceptors (Lipinski definition) is 4. The zero-order chi connectivity index (χ0) is 20.8. The molecule has 1 unspecified atom stereocenters. The third-order valence-corrected chi connectivity index (χ3v) is 3.99. The molecule has 0 saturated heterocycles. The normalized spacial score (nSPS) is 11.8. The van der Waals surface area contributed by atoms with Gasteiger partial charge in [-0.1, -0.05) is 12.1 Å². The Morgan fingerprint density at radius 2 is 1.79 bits per heavy atom. The summed E-state index contributed by atoms with van der Waals surface area (Å²) in [5.74, 6) is -1.01. The summed E-state index contributed by atoms with van der Waals surface area (Å²) in [6.07, 6.45) is 0. The first-order valence-corrected chi connectivity index (χ1v) is 8.49. The number of amides is 1. The maximum atomic E-state index is 12.6. The minimum atomic E-state index is -2.92. The number of nitrogens with one attached hydrogen (secondary N) is 1. The summed E-state index contributed by atoms with van der Waals surface area (Å²) in [6.45, 7) is 1.77. The number of alkyl halides is 2. The van der Waals surface area contributed by atoms with Gasteiger partial charge in [-0.05, 0) is 61.7 Å². The molecule has 0 aromatic heterocycles. The molecule has 0 aliphatic rings. The Bertz CT molecular complexity index is 846. The summed E-state index contributed by atoms with van der Waals surface area (Å²) >= 11 is 0. The van der Waals surface area contributed by atoms with Crippen molar-refractivity contribution in [3.05, 3.63) is 58.7 Å². The van der Waals surface area contributed by atoms with Crippen LogP contribution in [0, 0.1) is 13.8 Å². The van der Waals surface area contributed by atoms with Crippen molar-refractivity contribution in [3.8, 4) is 11.5 Å². The second kappa shape index (κ2) is 9.16. The van der Waals surface area contributed by atoms with E-state index in [4.69, 9.17) is 9.84 Å². The molecular formula is C20H21F2NO5. The molecule has 8 heteroatoms. The molecule has 1 atom stereocenters. The highest BCUT2D eigenvalue weighted by Crippen LogP contribution is 2.26. The average molecular weight is 393 g/mol. The average Bonchev–Trinajstić information content (AvgIpc) is 2.60. The molecule has 2 aromatic rings. The standard InChI is InChI=1S/C20H21F2NO5/c1-11-7-15(8-12(2)18(11)27-10-17(24)25)19(26)23-13(3)14-5-4-6-16(9-14)28-20(21)22/h4-9,13,20H,10H2,1-3H3,(H,23,26)(H,24,25). The zero-order valence-electron chi connectivity index (χ0n) is 15.7. The van der Waals surface area contributed by atoms with E-state index in [1.807, 2.05) is 0 Å². The molecule has 0 aliphatic heterocycles. The van der Waals surface area contributed by atoms with Gasteiger partial charge in [0.05, 0.1) is 6.04 Å². The highest BCUT2D eigenvalue weighted by Gasteiger charge is 2.16. The van der Waals surface area contributed by atoms with Gasteiger partial charge in [-0.2, -0.15) is 8.78 Å². The molecule has 2 N–H and O–H groups in total. The summed E-state index contributed by atoms with van der Waals surface area (Å²) in [7, 11) is 0. The quantitative estimate of drug-likeness (QED) is 0.711. The number of ether oxygens (including phenoxy) is 2. The van der Waals surface area contributed by atoms with E-state index in [-0.39, 0.29) is 11.7 Å². The summed E-state index contributed by atoms with van der Waals surface area (Å²) in [6, 6.07) is 8.87. The Labute approximate surface area is 161 Å². The lowest BCUT2D eigenvalue weighted by Gasteiger charge is -2.17. The number of hydrogen-bond donors (Lipinski definition) is 2. The van der Waals surface area contributed by atoms with Gasteiger partial charge in [-0.15, -0.1) is 0 Å². The van der Waals surface area contributed by atoms with E-state index in [1.54, 1.807) is 45.0 Å². The van der Waals surface area contributed by atoms with Crippen LogP contribution in [0.2, 0.25) is 0 Å². The number of carbonyl (C=O) groups excluding carboxylic acids is 1. The predicted molar refractivity (Wildman–Crippen MR) is 98.0 cm³/mol. The minimum absolute atomic E-state index is 0.0141. The number of halogens is 2. The molecule has 2 rings (SSSR count). The van der Waals surface area contributed by atoms with Crippen LogP contribution in [0.3, 0.4) is 0 Å². The molecule has 150 valence electrons. The van der Waals surface area contributed by atoms with Crippen LogP contribution in [-0.2, 0) is 4.79 Å². The van der Waals surface area contributed by atoms with Crippen molar-refractivity contribution in [1.29, 1.82) is 0 Å². The smallest absolute Gasteiger partial charge is 0.387 e. The molecule has 0 radical (unpaired) electrons. The molecule has 0 aliphatic carbocycles. The van der Waals surface area contributed by atoms with Gasteiger partial charge in [0.25, 0.3) is 5.91 Å². The van der Waals surface area contributed by atoms with Gasteiger partial charge < -0.3 is 19.9 Å². The van der Waals surface area contributed by atoms with E-state index in [9.17, 15) is 18.4 Å². The topological polar surface area (TPSA) is 84.9 Å². The van der Waals surface area contributed by atoms with E-state index in [0.29, 0.717) is 28.0 Å². The molecule has 0 saturated carbocycles. The van der Waals surface area contributed by atoms with Gasteiger partial charge >= 0.3 is 12.6 Å². The van der Waals surface area contributed by atoms with Crippen LogP contribution in [-0.4, -0.2) is 30.2 Å². The molecule has 28 heavy (non-hydrogen) atoms. The van der Waals surface area contributed by atoms with Crippen molar-refractivity contribution in [2.45, 2.75) is 33.4 Å². The number of aryl methyl sites for hydroxylation is 2. The fourth-order valence-corrected chi connectivity index (χ4v) is 2.77. The van der Waals surface area contributed by atoms with Crippen molar-refractivity contribution in [1.82, 2.24) is 5.32 Å². The minimum Gasteiger partial charge on any atom is -0.481 e. The highest BCUT2D eigenvalue weighted by atomic mass is 19.3. The fourth-order valence-electron chi connectivity index (χ4n) is 2.77. The number of rotatable bonds is 8. The van der Waals surface area contributed by atoms with Crippen molar-refractivity contribution in [2.75, 3.05) is 6.61 Å². The fraction of sp³-hybridized carbons (Fsp3) is 0.300. The monoisotopic (exact) mass is 393 g/mol. The molecule has 1 amide bonds. The Morgan fingerprint density at radius 1 is 1.14 bits per heavy atom. The van der Waals surface area contributed by atoms with E-state index in [1.165, 1.54) is 12.1 Å². The Hall–Kier alpha value is -3.16. The van der Waals surface area contributed by atoms with Crippen LogP contribution in [0.1, 0.15) is 40.0 Å². The SMILES string of the molecule is Cc1cc(C(=O)NC(C)c2cccc(OC(F)F)c2)cc(C)c1OCC(=O)O. The lowest BCUT2D eigenvalue weighted by Crippen LogP contribution is -2.27. The molecule has 6 nitrogen and oxygen atoms in total. The number of carboxylic acid groups (broad SMARTS) is 1. The molecule has 0 spiro atoms. The maximum Gasteiger partial charge on any atom is 0.387 e. The van der Waals surface area contributed by atoms with Crippen molar-refractivity contribution in [3.63, 3.8) is 0 Å². The van der Waals surface area contributed by atoms with Gasteiger partial charge in [0.2, 0.25) is 0 Å². The first-order valence-electron chi connectivity index (χ1n) is 8.49. The van der Waals surface area contributed by atoms with Crippen LogP contribution in [0.15, 0.2) is 36.4 Å². The molecule has 0 bridgehead atoms. The highest BCUT2D eigenvalue weighted by molar-refractivity contribution is 5.95. The largest absolute Gasteiger partial charge is 0.481 e. The lowest BCUT2D eigenvalue weighted by molar-refractivity contribution is -0.139. The Morgan fingerprint density at radius 3 is 2.36 bits per heavy atom. The number of carbonyl (C=O) groups is 2. The second-order valence-corrected chi connectivity index (χ2v) is 6.27. The Kier molecular flexibility index (Phi) is 6.92. The van der Waals surface area contributed by atoms with Gasteiger partial charge in [-0.3, -0.25) is 4.79 Å². The third-order valence-electron chi connectivity index (χ3n) is 3.99. The van der Waals surface area contributed by atoms with Crippen LogP contribution in [0.25, 0.3) is 0 Å². The number of aliphatic carboxylic acids is 1. The van der Waals surface area contributed by atoms with Gasteiger partial charge in [0.1, 0.15) is 11.5 Å². The summed E-state index contributed by atoms with van der Waals surface area (Å²) in [5.41, 5.74) is 2.25. The molecule has 0 heterocycles. The second-order valence-electron chi connectivity index (χ2n) is 6.27. The number of carboxylic acids is 1. The molecular weight excluding hydrogens is 372 g/mol. The Balaban J connectivity index is 2.13. The maximum absolute atomic E-state index is 12.6. The predicted octanol–water partition coefficient (Wildman–Crippen LogP) is 3.86. The van der Waals surface area contributed by atoms with Crippen molar-refractivity contribution >= 4 is 11.9 Å². The number of benzene rings is 2. The van der Waals surface area contributed by atoms with Gasteiger partial charge in [-0.25, -0.2) is 4.79 Å². The third kappa shape index (κ3) is 5.67. The van der Waals surface area contributed by atoms with E-state index < -0.39 is 25.2 Å². The van der Waals surface area contributed by atoms with Crippen LogP contribution in [0.4, 0.5) is 8.78 Å². The first kappa shape index (κ1) is 21.1. The molecule has 0 fully saturated rings. The summed E-state index contributed by atoms with van der Waals surface area (Å²) in [4.78, 5) is 23.2. The van der Waals surface area contributed by atoms with Crippen LogP contribution < -0.4 is 14.8 Å². The van der Waals surface area contributed by atoms with E-state index in [2.05, 4.69) is 10.1 Å². The van der Waals surface area contributed by atoms with E-state index >= 15 is 0 Å². The summed E-state index contributed by atoms with van der Waals surface area (Å²) < 4.78 is 34.3. The van der Waals surface area contributed by atoms with Gasteiger partial charge in [0.15, 0.2) is 6.61 Å². The zero-order valence-corrected chi connectivity index (χ0v) is 15.7. The summed E-state index contributed by atoms with van der Waals surface area (Å²) in [5, 5.41) is 11.5. The van der Waals surface area contributed by atoms with Crippen LogP contribution in [0.5, 0.6) is 11.5 Å². The van der Waals surface area contributed by atoms with Crippen molar-refractivity contribution < 1.29 is 33.0 Å². The lowest BCUT2D eigenvalue weighted by atomic mass is 10.0. The van der Waals surface area contributed by atoms with E-state index in [0.717, 1.165) is 0 Å².